The molecule has 1 amide bonds. The number of carbonyl (C=O) groups is 1. The molecule has 0 saturated heterocycles. The third-order valence-corrected chi connectivity index (χ3v) is 5.45. The Balaban J connectivity index is 1.67. The Kier molecular flexibility index (Phi) is 7.81. The van der Waals surface area contributed by atoms with Gasteiger partial charge in [-0.3, -0.25) is 4.79 Å². The van der Waals surface area contributed by atoms with Gasteiger partial charge in [-0.15, -0.1) is 11.8 Å². The maximum Gasteiger partial charge on any atom is 0.224 e. The first kappa shape index (κ1) is 17.4. The first-order valence-corrected chi connectivity index (χ1v) is 9.42. The number of hydrogen-bond donors (Lipinski definition) is 2. The van der Waals surface area contributed by atoms with Crippen molar-refractivity contribution in [3.8, 4) is 0 Å². The van der Waals surface area contributed by atoms with Gasteiger partial charge in [0.25, 0.3) is 0 Å². The van der Waals surface area contributed by atoms with Crippen molar-refractivity contribution in [2.75, 3.05) is 11.9 Å². The van der Waals surface area contributed by atoms with Crippen molar-refractivity contribution in [1.29, 1.82) is 0 Å². The lowest BCUT2D eigenvalue weighted by Crippen LogP contribution is -2.11. The second-order valence-electron chi connectivity index (χ2n) is 6.05. The highest BCUT2D eigenvalue weighted by Crippen LogP contribution is 2.34. The van der Waals surface area contributed by atoms with Crippen LogP contribution in [0, 0.1) is 0 Å². The van der Waals surface area contributed by atoms with Gasteiger partial charge >= 0.3 is 0 Å². The van der Waals surface area contributed by atoms with Crippen molar-refractivity contribution in [3.05, 3.63) is 24.3 Å². The van der Waals surface area contributed by atoms with Gasteiger partial charge in [0, 0.05) is 22.3 Å². The predicted octanol–water partition coefficient (Wildman–Crippen LogP) is 4.57. The van der Waals surface area contributed by atoms with E-state index in [9.17, 15) is 4.79 Å². The van der Waals surface area contributed by atoms with Crippen LogP contribution in [0.15, 0.2) is 29.2 Å². The van der Waals surface area contributed by atoms with Crippen LogP contribution in [0.4, 0.5) is 5.69 Å². The summed E-state index contributed by atoms with van der Waals surface area (Å²) in [6.45, 7) is 0.747. The normalized spacial score (nSPS) is 15.1. The lowest BCUT2D eigenvalue weighted by molar-refractivity contribution is -0.116. The van der Waals surface area contributed by atoms with Gasteiger partial charge in [0.15, 0.2) is 0 Å². The summed E-state index contributed by atoms with van der Waals surface area (Å²) in [6.07, 6.45) is 10.2. The highest BCUT2D eigenvalue weighted by Gasteiger charge is 2.15. The van der Waals surface area contributed by atoms with Crippen LogP contribution < -0.4 is 11.1 Å². The van der Waals surface area contributed by atoms with Crippen molar-refractivity contribution in [2.45, 2.75) is 67.9 Å². The van der Waals surface area contributed by atoms with Crippen LogP contribution in [0.1, 0.15) is 57.8 Å². The molecule has 2 rings (SSSR count). The second kappa shape index (κ2) is 9.90. The molecule has 1 aromatic carbocycles. The van der Waals surface area contributed by atoms with Crippen molar-refractivity contribution in [3.63, 3.8) is 0 Å². The fraction of sp³-hybridized carbons (Fsp3) is 0.611. The van der Waals surface area contributed by atoms with E-state index in [1.165, 1.54) is 30.6 Å². The number of unbranched alkanes of at least 4 members (excludes halogenated alkanes) is 3. The number of hydrogen-bond acceptors (Lipinski definition) is 3. The number of anilines is 1. The summed E-state index contributed by atoms with van der Waals surface area (Å²) in [5, 5.41) is 3.77. The molecule has 1 aliphatic carbocycles. The van der Waals surface area contributed by atoms with Gasteiger partial charge in [0.1, 0.15) is 0 Å². The van der Waals surface area contributed by atoms with Crippen LogP contribution in [-0.4, -0.2) is 17.7 Å². The lowest BCUT2D eigenvalue weighted by Gasteiger charge is -2.10. The fourth-order valence-corrected chi connectivity index (χ4v) is 4.07. The second-order valence-corrected chi connectivity index (χ2v) is 7.42. The molecule has 22 heavy (non-hydrogen) atoms. The number of nitrogens with one attached hydrogen (secondary N) is 1. The zero-order valence-electron chi connectivity index (χ0n) is 13.4. The maximum absolute atomic E-state index is 11.9. The summed E-state index contributed by atoms with van der Waals surface area (Å²) in [6, 6.07) is 8.28. The molecule has 1 aliphatic rings. The van der Waals surface area contributed by atoms with Crippen molar-refractivity contribution < 1.29 is 4.79 Å². The van der Waals surface area contributed by atoms with E-state index in [0.29, 0.717) is 6.42 Å². The Morgan fingerprint density at radius 3 is 2.45 bits per heavy atom. The average Bonchev–Trinajstić information content (AvgIpc) is 3.02. The van der Waals surface area contributed by atoms with Crippen LogP contribution in [-0.2, 0) is 4.79 Å². The first-order chi connectivity index (χ1) is 10.8. The standard InChI is InChI=1S/C18H28N2OS/c19-14-6-2-1-3-9-18(21)20-15-10-12-17(13-11-15)22-16-7-4-5-8-16/h10-13,16H,1-9,14,19H2,(H,20,21). The van der Waals surface area contributed by atoms with Gasteiger partial charge in [-0.25, -0.2) is 0 Å². The van der Waals surface area contributed by atoms with Gasteiger partial charge in [0.2, 0.25) is 5.91 Å². The lowest BCUT2D eigenvalue weighted by atomic mass is 10.1. The van der Waals surface area contributed by atoms with Gasteiger partial charge in [0.05, 0.1) is 0 Å². The molecule has 1 fully saturated rings. The number of thioether (sulfide) groups is 1. The minimum atomic E-state index is 0.115. The number of rotatable bonds is 9. The molecule has 0 radical (unpaired) electrons. The topological polar surface area (TPSA) is 55.1 Å². The Morgan fingerprint density at radius 1 is 1.09 bits per heavy atom. The Hall–Kier alpha value is -1.00. The van der Waals surface area contributed by atoms with Crippen molar-refractivity contribution in [2.24, 2.45) is 5.73 Å². The quantitative estimate of drug-likeness (QED) is 0.655. The number of amides is 1. The Labute approximate surface area is 138 Å². The smallest absolute Gasteiger partial charge is 0.224 e. The third kappa shape index (κ3) is 6.41. The molecule has 1 aromatic rings. The predicted molar refractivity (Wildman–Crippen MR) is 95.3 cm³/mol. The summed E-state index contributed by atoms with van der Waals surface area (Å²) in [4.78, 5) is 13.2. The molecule has 122 valence electrons. The summed E-state index contributed by atoms with van der Waals surface area (Å²) < 4.78 is 0. The van der Waals surface area contributed by atoms with Crippen LogP contribution in [0.2, 0.25) is 0 Å². The van der Waals surface area contributed by atoms with Crippen molar-refractivity contribution >= 4 is 23.4 Å². The molecule has 0 bridgehead atoms. The van der Waals surface area contributed by atoms with Gasteiger partial charge in [-0.2, -0.15) is 0 Å². The number of carbonyl (C=O) groups excluding carboxylic acids is 1. The summed E-state index contributed by atoms with van der Waals surface area (Å²) >= 11 is 1.98. The molecule has 4 heteroatoms. The highest BCUT2D eigenvalue weighted by molar-refractivity contribution is 8.00. The molecule has 3 N–H and O–H groups in total. The van der Waals surface area contributed by atoms with Crippen LogP contribution in [0.5, 0.6) is 0 Å². The van der Waals surface area contributed by atoms with E-state index < -0.39 is 0 Å². The SMILES string of the molecule is NCCCCCCC(=O)Nc1ccc(SC2CCCC2)cc1. The monoisotopic (exact) mass is 320 g/mol. The fourth-order valence-electron chi connectivity index (χ4n) is 2.82. The molecule has 0 spiro atoms. The van der Waals surface area contributed by atoms with E-state index in [0.717, 1.165) is 43.2 Å². The third-order valence-electron chi connectivity index (χ3n) is 4.10. The van der Waals surface area contributed by atoms with Crippen LogP contribution in [0.3, 0.4) is 0 Å². The molecule has 0 aliphatic heterocycles. The van der Waals surface area contributed by atoms with E-state index in [2.05, 4.69) is 17.4 Å². The van der Waals surface area contributed by atoms with E-state index in [-0.39, 0.29) is 5.91 Å². The summed E-state index contributed by atoms with van der Waals surface area (Å²) in [7, 11) is 0. The molecular formula is C18H28N2OS. The molecule has 3 nitrogen and oxygen atoms in total. The maximum atomic E-state index is 11.9. The summed E-state index contributed by atoms with van der Waals surface area (Å²) in [5.74, 6) is 0.115. The zero-order valence-corrected chi connectivity index (χ0v) is 14.2. The van der Waals surface area contributed by atoms with E-state index in [1.807, 2.05) is 23.9 Å². The largest absolute Gasteiger partial charge is 0.330 e. The number of nitrogens with two attached hydrogens (primary N) is 1. The highest BCUT2D eigenvalue weighted by atomic mass is 32.2. The van der Waals surface area contributed by atoms with E-state index in [1.54, 1.807) is 0 Å². The molecule has 0 atom stereocenters. The van der Waals surface area contributed by atoms with Gasteiger partial charge in [-0.05, 0) is 56.5 Å². The minimum absolute atomic E-state index is 0.115. The van der Waals surface area contributed by atoms with Crippen LogP contribution >= 0.6 is 11.8 Å². The molecule has 0 heterocycles. The van der Waals surface area contributed by atoms with Gasteiger partial charge in [-0.1, -0.05) is 25.7 Å². The first-order valence-electron chi connectivity index (χ1n) is 8.54. The van der Waals surface area contributed by atoms with Crippen molar-refractivity contribution in [1.82, 2.24) is 0 Å². The van der Waals surface area contributed by atoms with E-state index in [4.69, 9.17) is 5.73 Å². The van der Waals surface area contributed by atoms with E-state index >= 15 is 0 Å². The molecule has 0 unspecified atom stereocenters. The summed E-state index contributed by atoms with van der Waals surface area (Å²) in [5.41, 5.74) is 6.36. The van der Waals surface area contributed by atoms with Crippen LogP contribution in [0.25, 0.3) is 0 Å². The Bertz CT molecular complexity index is 441. The molecule has 0 aromatic heterocycles. The minimum Gasteiger partial charge on any atom is -0.330 e. The molecule has 1 saturated carbocycles. The Morgan fingerprint density at radius 2 is 1.77 bits per heavy atom. The molecular weight excluding hydrogens is 292 g/mol. The number of benzene rings is 1. The average molecular weight is 321 g/mol. The zero-order chi connectivity index (χ0) is 15.6. The van der Waals surface area contributed by atoms with Gasteiger partial charge < -0.3 is 11.1 Å².